The molecule has 24 heavy (non-hydrogen) atoms. The molecular formula is C22H30N2. The zero-order chi connectivity index (χ0) is 16.6. The Kier molecular flexibility index (Phi) is 6.45. The van der Waals surface area contributed by atoms with E-state index < -0.39 is 0 Å². The maximum absolute atomic E-state index is 3.32. The fourth-order valence-corrected chi connectivity index (χ4v) is 3.93. The molecule has 2 heteroatoms. The van der Waals surface area contributed by atoms with Gasteiger partial charge in [0, 0.05) is 6.04 Å². The van der Waals surface area contributed by atoms with E-state index in [-0.39, 0.29) is 0 Å². The van der Waals surface area contributed by atoms with Gasteiger partial charge < -0.3 is 5.32 Å². The number of hydrogen-bond acceptors (Lipinski definition) is 2. The number of piperidine rings is 1. The molecular weight excluding hydrogens is 292 g/mol. The fourth-order valence-electron chi connectivity index (χ4n) is 3.93. The van der Waals surface area contributed by atoms with Crippen LogP contribution in [0.5, 0.6) is 0 Å². The first-order valence-electron chi connectivity index (χ1n) is 9.34. The van der Waals surface area contributed by atoms with Crippen molar-refractivity contribution in [1.29, 1.82) is 0 Å². The lowest BCUT2D eigenvalue weighted by atomic mass is 9.88. The van der Waals surface area contributed by atoms with Crippen molar-refractivity contribution in [1.82, 2.24) is 10.2 Å². The Morgan fingerprint density at radius 1 is 0.958 bits per heavy atom. The van der Waals surface area contributed by atoms with Crippen molar-refractivity contribution < 1.29 is 0 Å². The average Bonchev–Trinajstić information content (AvgIpc) is 2.65. The normalized spacial score (nSPS) is 17.7. The summed E-state index contributed by atoms with van der Waals surface area (Å²) in [5, 5.41) is 3.32. The molecule has 3 rings (SSSR count). The van der Waals surface area contributed by atoms with Crippen LogP contribution in [0, 0.1) is 5.92 Å². The number of nitrogens with one attached hydrogen (secondary N) is 1. The predicted molar refractivity (Wildman–Crippen MR) is 102 cm³/mol. The lowest BCUT2D eigenvalue weighted by molar-refractivity contribution is 0.126. The molecule has 2 aromatic rings. The van der Waals surface area contributed by atoms with Crippen molar-refractivity contribution in [2.24, 2.45) is 5.92 Å². The summed E-state index contributed by atoms with van der Waals surface area (Å²) in [4.78, 5) is 2.70. The molecule has 2 aromatic carbocycles. The van der Waals surface area contributed by atoms with Gasteiger partial charge in [-0.1, -0.05) is 60.7 Å². The quantitative estimate of drug-likeness (QED) is 0.818. The second-order valence-corrected chi connectivity index (χ2v) is 6.99. The number of hydrogen-bond donors (Lipinski definition) is 1. The lowest BCUT2D eigenvalue weighted by Crippen LogP contribution is -2.38. The Morgan fingerprint density at radius 2 is 1.58 bits per heavy atom. The molecule has 0 amide bonds. The molecule has 0 aromatic heterocycles. The van der Waals surface area contributed by atoms with Gasteiger partial charge in [0.1, 0.15) is 0 Å². The first kappa shape index (κ1) is 17.2. The van der Waals surface area contributed by atoms with Gasteiger partial charge in [-0.05, 0) is 69.4 Å². The van der Waals surface area contributed by atoms with E-state index in [2.05, 4.69) is 70.9 Å². The second kappa shape index (κ2) is 9.00. The van der Waals surface area contributed by atoms with E-state index >= 15 is 0 Å². The van der Waals surface area contributed by atoms with Crippen molar-refractivity contribution in [2.75, 3.05) is 26.7 Å². The third kappa shape index (κ3) is 4.68. The van der Waals surface area contributed by atoms with Crippen LogP contribution in [0.15, 0.2) is 60.7 Å². The smallest absolute Gasteiger partial charge is 0.0360 e. The maximum Gasteiger partial charge on any atom is 0.0360 e. The number of likely N-dealkylation sites (tertiary alicyclic amines) is 1. The van der Waals surface area contributed by atoms with Gasteiger partial charge in [0.05, 0.1) is 0 Å². The Balaban J connectivity index is 1.58. The van der Waals surface area contributed by atoms with Crippen LogP contribution < -0.4 is 5.32 Å². The molecule has 0 saturated carbocycles. The van der Waals surface area contributed by atoms with E-state index in [4.69, 9.17) is 0 Å². The van der Waals surface area contributed by atoms with Gasteiger partial charge in [0.25, 0.3) is 0 Å². The number of benzene rings is 2. The Hall–Kier alpha value is -1.64. The van der Waals surface area contributed by atoms with Gasteiger partial charge in [0.2, 0.25) is 0 Å². The third-order valence-corrected chi connectivity index (χ3v) is 5.31. The summed E-state index contributed by atoms with van der Waals surface area (Å²) in [5.41, 5.74) is 2.96. The first-order chi connectivity index (χ1) is 11.9. The third-order valence-electron chi connectivity index (χ3n) is 5.31. The highest BCUT2D eigenvalue weighted by atomic mass is 15.2. The average molecular weight is 322 g/mol. The first-order valence-corrected chi connectivity index (χ1v) is 9.34. The molecule has 1 aliphatic rings. The Labute approximate surface area is 146 Å². The molecule has 2 nitrogen and oxygen atoms in total. The molecule has 1 fully saturated rings. The molecule has 0 radical (unpaired) electrons. The number of nitrogens with zero attached hydrogens (tertiary/aromatic N) is 1. The van der Waals surface area contributed by atoms with E-state index in [9.17, 15) is 0 Å². The van der Waals surface area contributed by atoms with Gasteiger partial charge >= 0.3 is 0 Å². The molecule has 0 bridgehead atoms. The standard InChI is InChI=1S/C22H30N2/c1-23-15-12-22(21-10-6-3-7-11-21)24-16-13-20(14-17-24)18-19-8-4-2-5-9-19/h2-11,20,22-23H,12-18H2,1H3. The van der Waals surface area contributed by atoms with Crippen LogP contribution in [0.1, 0.15) is 36.4 Å². The van der Waals surface area contributed by atoms with Crippen molar-refractivity contribution in [3.8, 4) is 0 Å². The highest BCUT2D eigenvalue weighted by Crippen LogP contribution is 2.30. The summed E-state index contributed by atoms with van der Waals surface area (Å²) in [6.45, 7) is 3.52. The molecule has 1 atom stereocenters. The van der Waals surface area contributed by atoms with E-state index in [0.29, 0.717) is 6.04 Å². The van der Waals surface area contributed by atoms with E-state index in [1.165, 1.54) is 49.9 Å². The SMILES string of the molecule is CNCCC(c1ccccc1)N1CCC(Cc2ccccc2)CC1. The van der Waals surface area contributed by atoms with Gasteiger partial charge in [-0.25, -0.2) is 0 Å². The summed E-state index contributed by atoms with van der Waals surface area (Å²) in [5.74, 6) is 0.837. The second-order valence-electron chi connectivity index (χ2n) is 6.99. The van der Waals surface area contributed by atoms with Crippen molar-refractivity contribution in [3.63, 3.8) is 0 Å². The molecule has 1 saturated heterocycles. The van der Waals surface area contributed by atoms with Gasteiger partial charge in [-0.15, -0.1) is 0 Å². The minimum absolute atomic E-state index is 0.552. The predicted octanol–water partition coefficient (Wildman–Crippen LogP) is 4.29. The Morgan fingerprint density at radius 3 is 2.21 bits per heavy atom. The number of rotatable bonds is 7. The van der Waals surface area contributed by atoms with Crippen LogP contribution in [-0.4, -0.2) is 31.6 Å². The zero-order valence-electron chi connectivity index (χ0n) is 14.8. The topological polar surface area (TPSA) is 15.3 Å². The molecule has 0 spiro atoms. The van der Waals surface area contributed by atoms with Crippen molar-refractivity contribution >= 4 is 0 Å². The molecule has 1 unspecified atom stereocenters. The van der Waals surface area contributed by atoms with Gasteiger partial charge in [0.15, 0.2) is 0 Å². The lowest BCUT2D eigenvalue weighted by Gasteiger charge is -2.38. The minimum Gasteiger partial charge on any atom is -0.320 e. The molecule has 128 valence electrons. The summed E-state index contributed by atoms with van der Waals surface area (Å²) in [7, 11) is 2.05. The van der Waals surface area contributed by atoms with E-state index in [1.807, 2.05) is 7.05 Å². The monoisotopic (exact) mass is 322 g/mol. The molecule has 1 N–H and O–H groups in total. The minimum atomic E-state index is 0.552. The van der Waals surface area contributed by atoms with Crippen LogP contribution >= 0.6 is 0 Å². The molecule has 0 aliphatic carbocycles. The van der Waals surface area contributed by atoms with E-state index in [1.54, 1.807) is 0 Å². The summed E-state index contributed by atoms with van der Waals surface area (Å²) < 4.78 is 0. The summed E-state index contributed by atoms with van der Waals surface area (Å²) >= 11 is 0. The maximum atomic E-state index is 3.32. The van der Waals surface area contributed by atoms with Crippen LogP contribution in [0.3, 0.4) is 0 Å². The van der Waals surface area contributed by atoms with Gasteiger partial charge in [-0.3, -0.25) is 4.90 Å². The fraction of sp³-hybridized carbons (Fsp3) is 0.455. The van der Waals surface area contributed by atoms with Crippen molar-refractivity contribution in [3.05, 3.63) is 71.8 Å². The summed E-state index contributed by atoms with van der Waals surface area (Å²) in [6, 6.07) is 22.6. The van der Waals surface area contributed by atoms with Crippen LogP contribution in [0.2, 0.25) is 0 Å². The Bertz CT molecular complexity index is 573. The molecule has 1 aliphatic heterocycles. The highest BCUT2D eigenvalue weighted by molar-refractivity contribution is 5.19. The van der Waals surface area contributed by atoms with Crippen molar-refractivity contribution in [2.45, 2.75) is 31.7 Å². The molecule has 1 heterocycles. The summed E-state index contributed by atoms with van der Waals surface area (Å²) in [6.07, 6.45) is 5.06. The van der Waals surface area contributed by atoms with E-state index in [0.717, 1.165) is 12.5 Å². The van der Waals surface area contributed by atoms with Crippen LogP contribution in [-0.2, 0) is 6.42 Å². The van der Waals surface area contributed by atoms with Crippen LogP contribution in [0.25, 0.3) is 0 Å². The highest BCUT2D eigenvalue weighted by Gasteiger charge is 2.25. The van der Waals surface area contributed by atoms with Crippen LogP contribution in [0.4, 0.5) is 0 Å². The zero-order valence-corrected chi connectivity index (χ0v) is 14.8. The van der Waals surface area contributed by atoms with Gasteiger partial charge in [-0.2, -0.15) is 0 Å². The largest absolute Gasteiger partial charge is 0.320 e.